The van der Waals surface area contributed by atoms with Gasteiger partial charge in [-0.1, -0.05) is 13.8 Å². The maximum Gasteiger partial charge on any atom is 0.248 e. The molecule has 0 aliphatic carbocycles. The number of benzene rings is 1. The maximum atomic E-state index is 14.1. The number of nitrogens with zero attached hydrogens (tertiary/aromatic N) is 3. The summed E-state index contributed by atoms with van der Waals surface area (Å²) in [6.45, 7) is 4.32. The van der Waals surface area contributed by atoms with Crippen molar-refractivity contribution >= 4 is 22.1 Å². The topological polar surface area (TPSA) is 63.6 Å². The quantitative estimate of drug-likeness (QED) is 0.610. The molecule has 4 aromatic rings. The van der Waals surface area contributed by atoms with E-state index in [2.05, 4.69) is 15.0 Å². The lowest BCUT2D eigenvalue weighted by atomic mass is 10.1. The second-order valence-corrected chi connectivity index (χ2v) is 6.50. The Morgan fingerprint density at radius 1 is 1.23 bits per heavy atom. The predicted octanol–water partition coefficient (Wildman–Crippen LogP) is 3.72. The van der Waals surface area contributed by atoms with Crippen molar-refractivity contribution in [2.45, 2.75) is 26.3 Å². The van der Waals surface area contributed by atoms with Gasteiger partial charge in [-0.25, -0.2) is 18.7 Å². The molecule has 0 radical (unpaired) electrons. The number of hydrogen-bond acceptors (Lipinski definition) is 3. The summed E-state index contributed by atoms with van der Waals surface area (Å²) in [6.07, 6.45) is 1.68. The highest BCUT2D eigenvalue weighted by Gasteiger charge is 2.17. The lowest BCUT2D eigenvalue weighted by Gasteiger charge is -2.13. The molecule has 4 rings (SSSR count). The number of H-pyrrole nitrogens is 1. The van der Waals surface area contributed by atoms with Crippen LogP contribution in [0.3, 0.4) is 0 Å². The van der Waals surface area contributed by atoms with Crippen molar-refractivity contribution in [3.05, 3.63) is 69.9 Å². The van der Waals surface area contributed by atoms with Crippen LogP contribution < -0.4 is 5.56 Å². The summed E-state index contributed by atoms with van der Waals surface area (Å²) in [5, 5.41) is 0.455. The third kappa shape index (κ3) is 2.56. The molecule has 0 amide bonds. The Balaban J connectivity index is 1.96. The van der Waals surface area contributed by atoms with E-state index in [-0.39, 0.29) is 18.0 Å². The van der Waals surface area contributed by atoms with Gasteiger partial charge in [0, 0.05) is 23.6 Å². The summed E-state index contributed by atoms with van der Waals surface area (Å²) in [7, 11) is 0. The van der Waals surface area contributed by atoms with E-state index < -0.39 is 17.2 Å². The average Bonchev–Trinajstić information content (AvgIpc) is 2.97. The van der Waals surface area contributed by atoms with Crippen molar-refractivity contribution in [3.8, 4) is 0 Å². The highest BCUT2D eigenvalue weighted by atomic mass is 19.2. The first-order valence-corrected chi connectivity index (χ1v) is 8.26. The van der Waals surface area contributed by atoms with Gasteiger partial charge in [0.15, 0.2) is 17.3 Å². The smallest absolute Gasteiger partial charge is 0.248 e. The molecular weight excluding hydrogens is 338 g/mol. The molecule has 0 aliphatic heterocycles. The minimum Gasteiger partial charge on any atom is -0.319 e. The summed E-state index contributed by atoms with van der Waals surface area (Å²) >= 11 is 0. The zero-order valence-corrected chi connectivity index (χ0v) is 14.3. The summed E-state index contributed by atoms with van der Waals surface area (Å²) in [6, 6.07) is 7.62. The van der Waals surface area contributed by atoms with E-state index in [0.717, 1.165) is 17.4 Å². The SMILES string of the molecule is CC(C)c1nc2cccnc2n1Cc1cc(=O)[nH]c2c(F)c(F)ccc12. The second-order valence-electron chi connectivity index (χ2n) is 6.50. The Labute approximate surface area is 147 Å². The van der Waals surface area contributed by atoms with Crippen LogP contribution in [0.4, 0.5) is 8.78 Å². The van der Waals surface area contributed by atoms with Crippen LogP contribution in [0.1, 0.15) is 31.2 Å². The molecule has 132 valence electrons. The monoisotopic (exact) mass is 354 g/mol. The molecule has 1 aromatic carbocycles. The standard InChI is InChI=1S/C19H16F2N4O/c1-10(2)18-23-14-4-3-7-22-19(14)25(18)9-11-8-15(26)24-17-12(11)5-6-13(20)16(17)21/h3-8,10H,9H2,1-2H3,(H,24,26). The molecule has 3 aromatic heterocycles. The molecule has 0 spiro atoms. The molecule has 0 aliphatic rings. The van der Waals surface area contributed by atoms with Gasteiger partial charge < -0.3 is 9.55 Å². The Bertz CT molecular complexity index is 1190. The molecule has 0 saturated carbocycles. The fourth-order valence-electron chi connectivity index (χ4n) is 3.21. The van der Waals surface area contributed by atoms with Gasteiger partial charge in [-0.05, 0) is 29.8 Å². The van der Waals surface area contributed by atoms with Crippen molar-refractivity contribution in [1.29, 1.82) is 0 Å². The van der Waals surface area contributed by atoms with Crippen LogP contribution in [0.2, 0.25) is 0 Å². The number of pyridine rings is 2. The normalized spacial score (nSPS) is 11.7. The van der Waals surface area contributed by atoms with Gasteiger partial charge in [-0.3, -0.25) is 4.79 Å². The second kappa shape index (κ2) is 6.01. The van der Waals surface area contributed by atoms with Crippen LogP contribution in [-0.4, -0.2) is 19.5 Å². The van der Waals surface area contributed by atoms with E-state index in [1.54, 1.807) is 6.20 Å². The summed E-state index contributed by atoms with van der Waals surface area (Å²) < 4.78 is 29.6. The Kier molecular flexibility index (Phi) is 3.79. The van der Waals surface area contributed by atoms with Gasteiger partial charge in [0.25, 0.3) is 0 Å². The lowest BCUT2D eigenvalue weighted by molar-refractivity contribution is 0.515. The number of hydrogen-bond donors (Lipinski definition) is 1. The third-order valence-corrected chi connectivity index (χ3v) is 4.37. The highest BCUT2D eigenvalue weighted by molar-refractivity contribution is 5.83. The zero-order valence-electron chi connectivity index (χ0n) is 14.3. The van der Waals surface area contributed by atoms with E-state index >= 15 is 0 Å². The Morgan fingerprint density at radius 3 is 2.81 bits per heavy atom. The molecule has 0 fully saturated rings. The molecule has 26 heavy (non-hydrogen) atoms. The first-order chi connectivity index (χ1) is 12.5. The van der Waals surface area contributed by atoms with E-state index in [9.17, 15) is 13.6 Å². The molecule has 0 bridgehead atoms. The fraction of sp³-hybridized carbons (Fsp3) is 0.211. The van der Waals surface area contributed by atoms with Crippen molar-refractivity contribution < 1.29 is 8.78 Å². The van der Waals surface area contributed by atoms with E-state index in [0.29, 0.717) is 16.6 Å². The van der Waals surface area contributed by atoms with Crippen LogP contribution in [-0.2, 0) is 6.54 Å². The van der Waals surface area contributed by atoms with Gasteiger partial charge in [-0.15, -0.1) is 0 Å². The van der Waals surface area contributed by atoms with Gasteiger partial charge in [0.2, 0.25) is 5.56 Å². The Hall–Kier alpha value is -3.09. The molecule has 0 atom stereocenters. The minimum atomic E-state index is -1.06. The lowest BCUT2D eigenvalue weighted by Crippen LogP contribution is -2.13. The molecule has 1 N–H and O–H groups in total. The van der Waals surface area contributed by atoms with Crippen LogP contribution in [0.25, 0.3) is 22.1 Å². The molecule has 7 heteroatoms. The van der Waals surface area contributed by atoms with E-state index in [1.807, 2.05) is 30.5 Å². The van der Waals surface area contributed by atoms with Crippen molar-refractivity contribution in [1.82, 2.24) is 19.5 Å². The van der Waals surface area contributed by atoms with Crippen molar-refractivity contribution in [2.24, 2.45) is 0 Å². The predicted molar refractivity (Wildman–Crippen MR) is 95.2 cm³/mol. The number of nitrogens with one attached hydrogen (secondary N) is 1. The van der Waals surface area contributed by atoms with E-state index in [4.69, 9.17) is 0 Å². The number of rotatable bonds is 3. The number of aromatic amines is 1. The molecular formula is C19H16F2N4O. The van der Waals surface area contributed by atoms with Crippen molar-refractivity contribution in [2.75, 3.05) is 0 Å². The number of halogens is 2. The molecule has 3 heterocycles. The van der Waals surface area contributed by atoms with Gasteiger partial charge in [0.1, 0.15) is 11.3 Å². The summed E-state index contributed by atoms with van der Waals surface area (Å²) in [5.74, 6) is -1.11. The molecule has 0 saturated heterocycles. The van der Waals surface area contributed by atoms with Gasteiger partial charge >= 0.3 is 0 Å². The third-order valence-electron chi connectivity index (χ3n) is 4.37. The minimum absolute atomic E-state index is 0.129. The van der Waals surface area contributed by atoms with E-state index in [1.165, 1.54) is 12.1 Å². The average molecular weight is 354 g/mol. The highest BCUT2D eigenvalue weighted by Crippen LogP contribution is 2.25. The zero-order chi connectivity index (χ0) is 18.4. The number of aromatic nitrogens is 4. The Morgan fingerprint density at radius 2 is 2.04 bits per heavy atom. The van der Waals surface area contributed by atoms with Crippen molar-refractivity contribution in [3.63, 3.8) is 0 Å². The first kappa shape index (κ1) is 16.4. The first-order valence-electron chi connectivity index (χ1n) is 8.26. The summed E-state index contributed by atoms with van der Waals surface area (Å²) in [4.78, 5) is 23.4. The number of imidazole rings is 1. The van der Waals surface area contributed by atoms with Crippen LogP contribution >= 0.6 is 0 Å². The largest absolute Gasteiger partial charge is 0.319 e. The fourth-order valence-corrected chi connectivity index (χ4v) is 3.21. The molecule has 0 unspecified atom stereocenters. The number of fused-ring (bicyclic) bond motifs is 2. The summed E-state index contributed by atoms with van der Waals surface area (Å²) in [5.41, 5.74) is 1.40. The van der Waals surface area contributed by atoms with Crippen LogP contribution in [0.5, 0.6) is 0 Å². The maximum absolute atomic E-state index is 14.1. The van der Waals surface area contributed by atoms with Crippen LogP contribution in [0.15, 0.2) is 41.3 Å². The van der Waals surface area contributed by atoms with Crippen LogP contribution in [0, 0.1) is 11.6 Å². The van der Waals surface area contributed by atoms with Gasteiger partial charge in [0.05, 0.1) is 12.1 Å². The molecule has 5 nitrogen and oxygen atoms in total. The van der Waals surface area contributed by atoms with Gasteiger partial charge in [-0.2, -0.15) is 0 Å².